The maximum atomic E-state index is 12.2. The maximum absolute atomic E-state index is 12.2. The third-order valence-corrected chi connectivity index (χ3v) is 4.02. The molecule has 9 heteroatoms. The normalized spacial score (nSPS) is 10.0. The predicted octanol–water partition coefficient (Wildman–Crippen LogP) is 4.32. The number of nitrogens with one attached hydrogen (secondary N) is 2. The van der Waals surface area contributed by atoms with Crippen molar-refractivity contribution in [3.05, 3.63) is 57.0 Å². The van der Waals surface area contributed by atoms with Crippen LogP contribution in [-0.4, -0.2) is 32.2 Å². The first-order valence-electron chi connectivity index (χ1n) is 7.19. The summed E-state index contributed by atoms with van der Waals surface area (Å²) in [6, 6.07) is 8.43. The first kappa shape index (κ1) is 19.7. The van der Waals surface area contributed by atoms with Crippen molar-refractivity contribution in [3.63, 3.8) is 0 Å². The molecule has 0 radical (unpaired) electrons. The van der Waals surface area contributed by atoms with Gasteiger partial charge in [-0.05, 0) is 36.4 Å². The van der Waals surface area contributed by atoms with Gasteiger partial charge in [0.15, 0.2) is 0 Å². The first-order valence-corrected chi connectivity index (χ1v) is 8.36. The number of rotatable bonds is 4. The smallest absolute Gasteiger partial charge is 0.337 e. The molecule has 0 heterocycles. The van der Waals surface area contributed by atoms with Gasteiger partial charge >= 0.3 is 18.0 Å². The molecule has 0 saturated heterocycles. The van der Waals surface area contributed by atoms with Gasteiger partial charge in [-0.2, -0.15) is 0 Å². The van der Waals surface area contributed by atoms with Gasteiger partial charge in [0.1, 0.15) is 0 Å². The fourth-order valence-corrected chi connectivity index (χ4v) is 2.77. The lowest BCUT2D eigenvalue weighted by molar-refractivity contribution is 0.0599. The number of anilines is 2. The molecule has 2 rings (SSSR count). The Morgan fingerprint density at radius 2 is 1.50 bits per heavy atom. The highest BCUT2D eigenvalue weighted by molar-refractivity contribution is 9.10. The standard InChI is InChI=1S/C17H14BrClN2O5/c1-25-15(22)9-5-10(16(23)26-2)7-12(6-9)20-17(24)21-14-4-3-11(18)8-13(14)19/h3-8H,1-2H3,(H2,20,21,24). The van der Waals surface area contributed by atoms with Crippen molar-refractivity contribution in [2.45, 2.75) is 0 Å². The Labute approximate surface area is 162 Å². The molecule has 0 fully saturated rings. The molecule has 0 aliphatic carbocycles. The Morgan fingerprint density at radius 3 is 2.00 bits per heavy atom. The van der Waals surface area contributed by atoms with E-state index < -0.39 is 18.0 Å². The summed E-state index contributed by atoms with van der Waals surface area (Å²) in [6.07, 6.45) is 0. The van der Waals surface area contributed by atoms with Gasteiger partial charge in [0, 0.05) is 10.2 Å². The zero-order valence-corrected chi connectivity index (χ0v) is 16.1. The Bertz CT molecular complexity index is 838. The van der Waals surface area contributed by atoms with E-state index in [1.165, 1.54) is 32.4 Å². The number of hydrogen-bond acceptors (Lipinski definition) is 5. The van der Waals surface area contributed by atoms with Crippen molar-refractivity contribution in [1.29, 1.82) is 0 Å². The number of methoxy groups -OCH3 is 2. The zero-order chi connectivity index (χ0) is 19.3. The van der Waals surface area contributed by atoms with Crippen LogP contribution >= 0.6 is 27.5 Å². The van der Waals surface area contributed by atoms with Crippen LogP contribution in [0, 0.1) is 0 Å². The van der Waals surface area contributed by atoms with E-state index in [4.69, 9.17) is 11.6 Å². The minimum atomic E-state index is -0.657. The van der Waals surface area contributed by atoms with Crippen LogP contribution in [0.25, 0.3) is 0 Å². The fourth-order valence-electron chi connectivity index (χ4n) is 2.05. The molecule has 0 saturated carbocycles. The molecule has 7 nitrogen and oxygen atoms in total. The van der Waals surface area contributed by atoms with Crippen LogP contribution < -0.4 is 10.6 Å². The van der Waals surface area contributed by atoms with E-state index in [1.54, 1.807) is 18.2 Å². The molecule has 0 aliphatic rings. The van der Waals surface area contributed by atoms with E-state index in [0.29, 0.717) is 10.7 Å². The lowest BCUT2D eigenvalue weighted by Gasteiger charge is -2.11. The van der Waals surface area contributed by atoms with E-state index >= 15 is 0 Å². The molecule has 2 aromatic carbocycles. The van der Waals surface area contributed by atoms with Crippen LogP contribution in [0.5, 0.6) is 0 Å². The monoisotopic (exact) mass is 440 g/mol. The zero-order valence-electron chi connectivity index (χ0n) is 13.8. The highest BCUT2D eigenvalue weighted by Crippen LogP contribution is 2.26. The van der Waals surface area contributed by atoms with Crippen LogP contribution in [0.1, 0.15) is 20.7 Å². The number of halogens is 2. The summed E-state index contributed by atoms with van der Waals surface area (Å²) in [5.74, 6) is -1.31. The van der Waals surface area contributed by atoms with E-state index in [-0.39, 0.29) is 16.8 Å². The number of amides is 2. The number of urea groups is 1. The van der Waals surface area contributed by atoms with Crippen molar-refractivity contribution in [1.82, 2.24) is 0 Å². The Balaban J connectivity index is 2.25. The number of hydrogen-bond donors (Lipinski definition) is 2. The molecule has 136 valence electrons. The highest BCUT2D eigenvalue weighted by Gasteiger charge is 2.15. The summed E-state index contributed by atoms with van der Waals surface area (Å²) in [4.78, 5) is 35.7. The second-order valence-electron chi connectivity index (χ2n) is 4.99. The Kier molecular flexibility index (Phi) is 6.59. The summed E-state index contributed by atoms with van der Waals surface area (Å²) in [6.45, 7) is 0. The molecule has 2 N–H and O–H groups in total. The van der Waals surface area contributed by atoms with Crippen molar-refractivity contribution < 1.29 is 23.9 Å². The molecule has 0 bridgehead atoms. The third-order valence-electron chi connectivity index (χ3n) is 3.21. The van der Waals surface area contributed by atoms with Gasteiger partial charge in [0.2, 0.25) is 0 Å². The molecule has 0 atom stereocenters. The van der Waals surface area contributed by atoms with Gasteiger partial charge in [-0.1, -0.05) is 27.5 Å². The number of benzene rings is 2. The number of carbonyl (C=O) groups is 3. The van der Waals surface area contributed by atoms with Crippen molar-refractivity contribution in [3.8, 4) is 0 Å². The van der Waals surface area contributed by atoms with Crippen LogP contribution in [0.2, 0.25) is 5.02 Å². The Morgan fingerprint density at radius 1 is 0.923 bits per heavy atom. The number of carbonyl (C=O) groups excluding carboxylic acids is 3. The first-order chi connectivity index (χ1) is 12.3. The molecule has 26 heavy (non-hydrogen) atoms. The lowest BCUT2D eigenvalue weighted by Crippen LogP contribution is -2.20. The SMILES string of the molecule is COC(=O)c1cc(NC(=O)Nc2ccc(Br)cc2Cl)cc(C(=O)OC)c1. The summed E-state index contributed by atoms with van der Waals surface area (Å²) in [5, 5.41) is 5.45. The molecule has 0 aromatic heterocycles. The molecular formula is C17H14BrClN2O5. The summed E-state index contributed by atoms with van der Waals surface area (Å²) >= 11 is 9.33. The molecule has 0 aliphatic heterocycles. The van der Waals surface area contributed by atoms with E-state index in [9.17, 15) is 14.4 Å². The van der Waals surface area contributed by atoms with Gasteiger partial charge in [-0.15, -0.1) is 0 Å². The van der Waals surface area contributed by atoms with Gasteiger partial charge in [0.25, 0.3) is 0 Å². The number of ether oxygens (including phenoxy) is 2. The van der Waals surface area contributed by atoms with E-state index in [1.807, 2.05) is 0 Å². The van der Waals surface area contributed by atoms with Crippen molar-refractivity contribution >= 4 is 56.9 Å². The molecule has 2 aromatic rings. The van der Waals surface area contributed by atoms with Gasteiger partial charge in [-0.3, -0.25) is 0 Å². The van der Waals surface area contributed by atoms with Crippen LogP contribution in [-0.2, 0) is 9.47 Å². The van der Waals surface area contributed by atoms with Crippen LogP contribution in [0.15, 0.2) is 40.9 Å². The van der Waals surface area contributed by atoms with E-state index in [2.05, 4.69) is 36.0 Å². The molecule has 2 amide bonds. The molecule has 0 spiro atoms. The second-order valence-corrected chi connectivity index (χ2v) is 6.31. The van der Waals surface area contributed by atoms with Crippen LogP contribution in [0.4, 0.5) is 16.2 Å². The van der Waals surface area contributed by atoms with Gasteiger partial charge in [-0.25, -0.2) is 14.4 Å². The third kappa shape index (κ3) is 4.96. The summed E-state index contributed by atoms with van der Waals surface area (Å²) in [5.41, 5.74) is 0.781. The Hall–Kier alpha value is -2.58. The van der Waals surface area contributed by atoms with E-state index in [0.717, 1.165) is 4.47 Å². The quantitative estimate of drug-likeness (QED) is 0.689. The van der Waals surface area contributed by atoms with Gasteiger partial charge < -0.3 is 20.1 Å². The molecule has 0 unspecified atom stereocenters. The highest BCUT2D eigenvalue weighted by atomic mass is 79.9. The fraction of sp³-hybridized carbons (Fsp3) is 0.118. The second kappa shape index (κ2) is 8.68. The number of esters is 2. The minimum absolute atomic E-state index is 0.0902. The van der Waals surface area contributed by atoms with Crippen LogP contribution in [0.3, 0.4) is 0 Å². The van der Waals surface area contributed by atoms with Crippen molar-refractivity contribution in [2.75, 3.05) is 24.9 Å². The summed E-state index contributed by atoms with van der Waals surface area (Å²) in [7, 11) is 2.42. The topological polar surface area (TPSA) is 93.7 Å². The average Bonchev–Trinajstić information content (AvgIpc) is 2.62. The van der Waals surface area contributed by atoms with Crippen molar-refractivity contribution in [2.24, 2.45) is 0 Å². The minimum Gasteiger partial charge on any atom is -0.465 e. The predicted molar refractivity (Wildman–Crippen MR) is 101 cm³/mol. The largest absolute Gasteiger partial charge is 0.465 e. The summed E-state index contributed by atoms with van der Waals surface area (Å²) < 4.78 is 10.1. The van der Waals surface area contributed by atoms with Gasteiger partial charge in [0.05, 0.1) is 36.1 Å². The average molecular weight is 442 g/mol. The lowest BCUT2D eigenvalue weighted by atomic mass is 10.1. The molecular weight excluding hydrogens is 428 g/mol. The maximum Gasteiger partial charge on any atom is 0.337 e.